The molecule has 1 aliphatic heterocycles. The second-order valence-corrected chi connectivity index (χ2v) is 13.1. The molecule has 2 aliphatic rings. The number of hydrogen-bond donors (Lipinski definition) is 1. The van der Waals surface area contributed by atoms with Crippen LogP contribution in [0.15, 0.2) is 65.7 Å². The summed E-state index contributed by atoms with van der Waals surface area (Å²) in [5, 5.41) is 9.41. The Balaban J connectivity index is 1.19. The third kappa shape index (κ3) is 6.13. The number of carbonyl (C=O) groups is 1. The summed E-state index contributed by atoms with van der Waals surface area (Å²) in [6.07, 6.45) is 6.67. The third-order valence-electron chi connectivity index (χ3n) is 9.59. The van der Waals surface area contributed by atoms with Crippen molar-refractivity contribution in [3.8, 4) is 28.3 Å². The normalized spacial score (nSPS) is 16.5. The van der Waals surface area contributed by atoms with Gasteiger partial charge in [0.05, 0.1) is 52.6 Å². The lowest BCUT2D eigenvalue weighted by molar-refractivity contribution is -0.149. The largest absolute Gasteiger partial charge is 0.481 e. The number of esters is 1. The minimum absolute atomic E-state index is 0.0413. The highest BCUT2D eigenvalue weighted by atomic mass is 35.5. The Labute approximate surface area is 294 Å². The van der Waals surface area contributed by atoms with Gasteiger partial charge in [-0.2, -0.15) is 5.10 Å². The highest BCUT2D eigenvalue weighted by molar-refractivity contribution is 6.39. The summed E-state index contributed by atoms with van der Waals surface area (Å²) in [4.78, 5) is 37.1. The zero-order chi connectivity index (χ0) is 34.2. The van der Waals surface area contributed by atoms with Gasteiger partial charge in [-0.1, -0.05) is 53.5 Å². The Morgan fingerprint density at radius 1 is 1.02 bits per heavy atom. The third-order valence-corrected chi connectivity index (χ3v) is 10.4. The van der Waals surface area contributed by atoms with Crippen molar-refractivity contribution in [2.24, 2.45) is 13.0 Å². The smallest absolute Gasteiger partial charge is 0.309 e. The summed E-state index contributed by atoms with van der Waals surface area (Å²) in [5.41, 5.74) is 5.55. The average Bonchev–Trinajstić information content (AvgIpc) is 3.55. The quantitative estimate of drug-likeness (QED) is 0.166. The van der Waals surface area contributed by atoms with Gasteiger partial charge in [0.25, 0.3) is 5.56 Å². The molecule has 252 valence electrons. The van der Waals surface area contributed by atoms with Crippen molar-refractivity contribution in [1.82, 2.24) is 24.6 Å². The average molecular weight is 700 g/mol. The number of ether oxygens (including phenoxy) is 2. The number of nitrogens with one attached hydrogen (secondary N) is 1. The number of fused-ring (bicyclic) bond motifs is 2. The van der Waals surface area contributed by atoms with E-state index in [2.05, 4.69) is 26.4 Å². The zero-order valence-electron chi connectivity index (χ0n) is 27.5. The molecule has 0 bridgehead atoms. The van der Waals surface area contributed by atoms with E-state index in [1.54, 1.807) is 32.6 Å². The van der Waals surface area contributed by atoms with Gasteiger partial charge in [-0.15, -0.1) is 0 Å². The molecule has 5 aromatic rings. The number of hydrogen-bond acceptors (Lipinski definition) is 9. The van der Waals surface area contributed by atoms with Crippen LogP contribution in [0.2, 0.25) is 10.0 Å². The van der Waals surface area contributed by atoms with Crippen LogP contribution in [-0.2, 0) is 23.0 Å². The van der Waals surface area contributed by atoms with Gasteiger partial charge in [0.2, 0.25) is 5.88 Å². The topological polar surface area (TPSA) is 111 Å². The number of benzene rings is 2. The highest BCUT2D eigenvalue weighted by Gasteiger charge is 2.36. The molecule has 0 amide bonds. The lowest BCUT2D eigenvalue weighted by atomic mass is 9.94. The summed E-state index contributed by atoms with van der Waals surface area (Å²) in [6, 6.07) is 15.5. The number of pyridine rings is 2. The lowest BCUT2D eigenvalue weighted by Gasteiger charge is -2.35. The molecule has 7 rings (SSSR count). The minimum Gasteiger partial charge on any atom is -0.481 e. The maximum atomic E-state index is 12.9. The fourth-order valence-corrected chi connectivity index (χ4v) is 7.72. The first-order valence-electron chi connectivity index (χ1n) is 16.4. The van der Waals surface area contributed by atoms with Gasteiger partial charge in [-0.3, -0.25) is 14.5 Å². The van der Waals surface area contributed by atoms with Crippen LogP contribution >= 0.6 is 23.2 Å². The van der Waals surface area contributed by atoms with Gasteiger partial charge in [0.15, 0.2) is 0 Å². The molecule has 49 heavy (non-hydrogen) atoms. The molecule has 1 saturated heterocycles. The van der Waals surface area contributed by atoms with Crippen molar-refractivity contribution in [1.29, 1.82) is 0 Å². The molecule has 0 unspecified atom stereocenters. The van der Waals surface area contributed by atoms with E-state index in [1.165, 1.54) is 10.2 Å². The van der Waals surface area contributed by atoms with Crippen LogP contribution in [0.3, 0.4) is 0 Å². The molecule has 3 aromatic heterocycles. The molecule has 4 heterocycles. The highest BCUT2D eigenvalue weighted by Crippen LogP contribution is 2.46. The first-order valence-corrected chi connectivity index (χ1v) is 17.2. The molecule has 0 spiro atoms. The van der Waals surface area contributed by atoms with E-state index in [0.717, 1.165) is 61.2 Å². The monoisotopic (exact) mass is 698 g/mol. The van der Waals surface area contributed by atoms with Gasteiger partial charge >= 0.3 is 5.97 Å². The van der Waals surface area contributed by atoms with E-state index in [1.807, 2.05) is 43.3 Å². The fourth-order valence-electron chi connectivity index (χ4n) is 7.12. The molecule has 0 saturated carbocycles. The van der Waals surface area contributed by atoms with Crippen LogP contribution in [0.25, 0.3) is 33.2 Å². The predicted molar refractivity (Wildman–Crippen MR) is 192 cm³/mol. The second-order valence-electron chi connectivity index (χ2n) is 12.4. The number of rotatable bonds is 8. The lowest BCUT2D eigenvalue weighted by Crippen LogP contribution is -2.38. The van der Waals surface area contributed by atoms with Crippen molar-refractivity contribution in [2.75, 3.05) is 32.1 Å². The van der Waals surface area contributed by atoms with Gasteiger partial charge in [-0.25, -0.2) is 14.6 Å². The Hall–Kier alpha value is -4.51. The summed E-state index contributed by atoms with van der Waals surface area (Å²) in [6.45, 7) is 3.91. The van der Waals surface area contributed by atoms with Crippen LogP contribution in [0, 0.1) is 5.92 Å². The zero-order valence-corrected chi connectivity index (χ0v) is 29.0. The second kappa shape index (κ2) is 13.8. The first kappa shape index (κ1) is 33.0. The number of piperidine rings is 1. The van der Waals surface area contributed by atoms with E-state index in [-0.39, 0.29) is 23.5 Å². The van der Waals surface area contributed by atoms with E-state index >= 15 is 0 Å². The molecule has 10 nitrogen and oxygen atoms in total. The maximum Gasteiger partial charge on any atom is 0.309 e. The van der Waals surface area contributed by atoms with Gasteiger partial charge in [0.1, 0.15) is 5.82 Å². The van der Waals surface area contributed by atoms with E-state index in [9.17, 15) is 9.59 Å². The number of nitrogens with zero attached hydrogens (tertiary/aromatic N) is 5. The van der Waals surface area contributed by atoms with Crippen LogP contribution < -0.4 is 15.6 Å². The summed E-state index contributed by atoms with van der Waals surface area (Å²) >= 11 is 14.2. The molecular formula is C37H36Cl2N6O4. The van der Waals surface area contributed by atoms with Crippen molar-refractivity contribution in [3.05, 3.63) is 92.5 Å². The summed E-state index contributed by atoms with van der Waals surface area (Å²) < 4.78 is 12.5. The molecule has 1 fully saturated rings. The standard InChI is InChI=1S/C37H36Cl2N6O4/c1-4-49-37(47)21-14-17-45(18-15-21)29-12-11-22-19-28(43-35(48-3)30(22)29)26-9-5-7-24(32(26)38)25-8-6-10-27(33(25)39)42-34-31-23(13-16-40-34)20-41-44(2)36(31)46/h5-10,13,16,19-21,29H,4,11-12,14-15,17-18H2,1-3H3,(H,40,42)/t29-/m1/s1. The Bertz CT molecular complexity index is 2130. The minimum atomic E-state index is -0.265. The van der Waals surface area contributed by atoms with Gasteiger partial charge in [0, 0.05) is 46.9 Å². The van der Waals surface area contributed by atoms with E-state index in [0.29, 0.717) is 50.4 Å². The van der Waals surface area contributed by atoms with Crippen molar-refractivity contribution >= 4 is 51.4 Å². The summed E-state index contributed by atoms with van der Waals surface area (Å²) in [7, 11) is 3.26. The van der Waals surface area contributed by atoms with Crippen molar-refractivity contribution in [3.63, 3.8) is 0 Å². The number of aromatic nitrogens is 4. The first-order chi connectivity index (χ1) is 23.8. The Morgan fingerprint density at radius 3 is 2.51 bits per heavy atom. The Morgan fingerprint density at radius 2 is 1.76 bits per heavy atom. The van der Waals surface area contributed by atoms with Crippen LogP contribution in [0.1, 0.15) is 43.4 Å². The molecule has 1 aliphatic carbocycles. The molecule has 12 heteroatoms. The number of carbonyl (C=O) groups excluding carboxylic acids is 1. The number of anilines is 2. The van der Waals surface area contributed by atoms with Crippen molar-refractivity contribution in [2.45, 2.75) is 38.6 Å². The molecule has 1 N–H and O–H groups in total. The number of aryl methyl sites for hydroxylation is 2. The van der Waals surface area contributed by atoms with Crippen LogP contribution in [0.5, 0.6) is 5.88 Å². The SMILES string of the molecule is CCOC(=O)C1CCN([C@@H]2CCc3cc(-c4cccc(-c5cccc(Nc6nccc7cnn(C)c(=O)c67)c5Cl)c4Cl)nc(OC)c32)CC1. The molecular weight excluding hydrogens is 663 g/mol. The van der Waals surface area contributed by atoms with E-state index < -0.39 is 0 Å². The summed E-state index contributed by atoms with van der Waals surface area (Å²) in [5.74, 6) is 0.848. The maximum absolute atomic E-state index is 12.9. The number of likely N-dealkylation sites (tertiary alicyclic amines) is 1. The van der Waals surface area contributed by atoms with Gasteiger partial charge < -0.3 is 14.8 Å². The number of halogens is 2. The fraction of sp³-hybridized carbons (Fsp3) is 0.324. The molecule has 2 aromatic carbocycles. The van der Waals surface area contributed by atoms with Crippen LogP contribution in [0.4, 0.5) is 11.5 Å². The van der Waals surface area contributed by atoms with Gasteiger partial charge in [-0.05, 0) is 69.5 Å². The van der Waals surface area contributed by atoms with E-state index in [4.69, 9.17) is 37.7 Å². The molecule has 1 atom stereocenters. The van der Waals surface area contributed by atoms with Crippen molar-refractivity contribution < 1.29 is 14.3 Å². The number of methoxy groups -OCH3 is 1. The van der Waals surface area contributed by atoms with Crippen LogP contribution in [-0.4, -0.2) is 57.4 Å². The Kier molecular flexibility index (Phi) is 9.28. The molecule has 0 radical (unpaired) electrons. The predicted octanol–water partition coefficient (Wildman–Crippen LogP) is 7.38.